The van der Waals surface area contributed by atoms with Crippen LogP contribution >= 0.6 is 11.6 Å². The molecule has 0 aromatic rings. The van der Waals surface area contributed by atoms with Crippen molar-refractivity contribution in [3.05, 3.63) is 0 Å². The first-order valence-corrected chi connectivity index (χ1v) is 3.72. The highest BCUT2D eigenvalue weighted by Gasteiger charge is 2.22. The van der Waals surface area contributed by atoms with Crippen LogP contribution in [0, 0.1) is 11.8 Å². The largest absolute Gasteiger partial charge is 0.392 e. The maximum Gasteiger partial charge on any atom is 0.227 e. The van der Waals surface area contributed by atoms with Gasteiger partial charge in [-0.3, -0.25) is 4.79 Å². The zero-order valence-electron chi connectivity index (χ0n) is 6.47. The number of hydrogen-bond acceptors (Lipinski definition) is 2. The summed E-state index contributed by atoms with van der Waals surface area (Å²) in [6.07, 6.45) is -0.620. The minimum Gasteiger partial charge on any atom is -0.392 e. The fraction of sp³-hybridized carbons (Fsp3) is 0.857. The topological polar surface area (TPSA) is 37.3 Å². The first kappa shape index (κ1) is 9.92. The number of carbonyl (C=O) groups is 1. The number of aliphatic hydroxyl groups excluding tert-OH is 1. The molecule has 1 N–H and O–H groups in total. The Balaban J connectivity index is 3.94. The van der Waals surface area contributed by atoms with Crippen LogP contribution in [0.15, 0.2) is 0 Å². The first-order chi connectivity index (χ1) is 4.46. The van der Waals surface area contributed by atoms with Crippen LogP contribution in [0.3, 0.4) is 0 Å². The zero-order valence-corrected chi connectivity index (χ0v) is 7.22. The van der Waals surface area contributed by atoms with Crippen molar-refractivity contribution in [2.45, 2.75) is 26.9 Å². The van der Waals surface area contributed by atoms with Crippen LogP contribution in [-0.4, -0.2) is 16.5 Å². The van der Waals surface area contributed by atoms with E-state index in [-0.39, 0.29) is 5.92 Å². The molecule has 0 spiro atoms. The van der Waals surface area contributed by atoms with E-state index >= 15 is 0 Å². The Morgan fingerprint density at radius 1 is 1.40 bits per heavy atom. The van der Waals surface area contributed by atoms with Crippen molar-refractivity contribution < 1.29 is 9.90 Å². The molecule has 0 heterocycles. The van der Waals surface area contributed by atoms with Gasteiger partial charge in [-0.25, -0.2) is 0 Å². The van der Waals surface area contributed by atoms with Crippen LogP contribution in [0.5, 0.6) is 0 Å². The van der Waals surface area contributed by atoms with Crippen molar-refractivity contribution in [3.63, 3.8) is 0 Å². The molecule has 0 aliphatic rings. The van der Waals surface area contributed by atoms with Gasteiger partial charge in [0.2, 0.25) is 5.24 Å². The molecular weight excluding hydrogens is 152 g/mol. The summed E-state index contributed by atoms with van der Waals surface area (Å²) in [4.78, 5) is 10.5. The molecule has 0 amide bonds. The fourth-order valence-corrected chi connectivity index (χ4v) is 0.841. The van der Waals surface area contributed by atoms with Gasteiger partial charge in [0.25, 0.3) is 0 Å². The SMILES string of the molecule is CC(C)C(O)C(C)C(=O)Cl. The molecule has 0 saturated heterocycles. The van der Waals surface area contributed by atoms with E-state index in [9.17, 15) is 9.90 Å². The van der Waals surface area contributed by atoms with Crippen molar-refractivity contribution in [2.24, 2.45) is 11.8 Å². The normalized spacial score (nSPS) is 17.0. The Morgan fingerprint density at radius 2 is 1.80 bits per heavy atom. The van der Waals surface area contributed by atoms with Crippen LogP contribution in [0.25, 0.3) is 0 Å². The van der Waals surface area contributed by atoms with Crippen LogP contribution < -0.4 is 0 Å². The lowest BCUT2D eigenvalue weighted by atomic mass is 9.96. The molecule has 2 atom stereocenters. The smallest absolute Gasteiger partial charge is 0.227 e. The zero-order chi connectivity index (χ0) is 8.31. The second-order valence-corrected chi connectivity index (χ2v) is 3.20. The number of rotatable bonds is 3. The van der Waals surface area contributed by atoms with E-state index < -0.39 is 17.3 Å². The molecule has 0 rings (SSSR count). The highest BCUT2D eigenvalue weighted by Crippen LogP contribution is 2.14. The van der Waals surface area contributed by atoms with E-state index in [1.165, 1.54) is 0 Å². The van der Waals surface area contributed by atoms with Crippen molar-refractivity contribution >= 4 is 16.8 Å². The lowest BCUT2D eigenvalue weighted by Gasteiger charge is -2.18. The molecule has 3 heteroatoms. The first-order valence-electron chi connectivity index (χ1n) is 3.34. The molecule has 0 aliphatic heterocycles. The molecular formula is C7H13ClO2. The number of carbonyl (C=O) groups excluding carboxylic acids is 1. The Labute approximate surface area is 66.2 Å². The molecule has 0 bridgehead atoms. The van der Waals surface area contributed by atoms with Crippen LogP contribution in [-0.2, 0) is 4.79 Å². The third kappa shape index (κ3) is 2.67. The van der Waals surface area contributed by atoms with Gasteiger partial charge in [0.1, 0.15) is 0 Å². The van der Waals surface area contributed by atoms with E-state index in [1.807, 2.05) is 13.8 Å². The Hall–Kier alpha value is -0.0800. The molecule has 10 heavy (non-hydrogen) atoms. The Bertz CT molecular complexity index is 123. The lowest BCUT2D eigenvalue weighted by Crippen LogP contribution is -2.27. The summed E-state index contributed by atoms with van der Waals surface area (Å²) >= 11 is 5.17. The lowest BCUT2D eigenvalue weighted by molar-refractivity contribution is -0.118. The quantitative estimate of drug-likeness (QED) is 0.641. The van der Waals surface area contributed by atoms with Gasteiger partial charge in [0.05, 0.1) is 12.0 Å². The van der Waals surface area contributed by atoms with E-state index in [1.54, 1.807) is 6.92 Å². The molecule has 0 saturated carbocycles. The van der Waals surface area contributed by atoms with Gasteiger partial charge < -0.3 is 5.11 Å². The van der Waals surface area contributed by atoms with E-state index in [4.69, 9.17) is 11.6 Å². The van der Waals surface area contributed by atoms with Crippen LogP contribution in [0.4, 0.5) is 0 Å². The van der Waals surface area contributed by atoms with Gasteiger partial charge in [0.15, 0.2) is 0 Å². The average Bonchev–Trinajstić information content (AvgIpc) is 1.84. The van der Waals surface area contributed by atoms with Gasteiger partial charge in [0, 0.05) is 0 Å². The van der Waals surface area contributed by atoms with Crippen LogP contribution in [0.2, 0.25) is 0 Å². The van der Waals surface area contributed by atoms with E-state index in [2.05, 4.69) is 0 Å². The molecule has 0 radical (unpaired) electrons. The predicted molar refractivity (Wildman–Crippen MR) is 40.9 cm³/mol. The molecule has 0 aromatic heterocycles. The summed E-state index contributed by atoms with van der Waals surface area (Å²) in [5.74, 6) is -0.376. The average molecular weight is 165 g/mol. The summed E-state index contributed by atoms with van der Waals surface area (Å²) in [5, 5.41) is 8.79. The summed E-state index contributed by atoms with van der Waals surface area (Å²) < 4.78 is 0. The van der Waals surface area contributed by atoms with Crippen molar-refractivity contribution in [2.75, 3.05) is 0 Å². The highest BCUT2D eigenvalue weighted by molar-refractivity contribution is 6.64. The maximum absolute atomic E-state index is 10.5. The minimum atomic E-state index is -0.620. The summed E-state index contributed by atoms with van der Waals surface area (Å²) in [6, 6.07) is 0. The van der Waals surface area contributed by atoms with Crippen molar-refractivity contribution in [1.29, 1.82) is 0 Å². The van der Waals surface area contributed by atoms with Crippen molar-refractivity contribution in [3.8, 4) is 0 Å². The van der Waals surface area contributed by atoms with E-state index in [0.717, 1.165) is 0 Å². The number of aliphatic hydroxyl groups is 1. The summed E-state index contributed by atoms with van der Waals surface area (Å²) in [6.45, 7) is 5.32. The maximum atomic E-state index is 10.5. The second kappa shape index (κ2) is 3.94. The predicted octanol–water partition coefficient (Wildman–Crippen LogP) is 1.40. The van der Waals surface area contributed by atoms with Gasteiger partial charge in [-0.05, 0) is 17.5 Å². The minimum absolute atomic E-state index is 0.0812. The molecule has 60 valence electrons. The van der Waals surface area contributed by atoms with Gasteiger partial charge in [-0.2, -0.15) is 0 Å². The molecule has 2 unspecified atom stereocenters. The molecule has 0 fully saturated rings. The van der Waals surface area contributed by atoms with Gasteiger partial charge >= 0.3 is 0 Å². The second-order valence-electron chi connectivity index (χ2n) is 2.83. The Kier molecular flexibility index (Phi) is 3.91. The Morgan fingerprint density at radius 3 is 1.90 bits per heavy atom. The van der Waals surface area contributed by atoms with Gasteiger partial charge in [-0.15, -0.1) is 0 Å². The van der Waals surface area contributed by atoms with E-state index in [0.29, 0.717) is 0 Å². The number of halogens is 1. The summed E-state index contributed by atoms with van der Waals surface area (Å²) in [5.41, 5.74) is 0. The molecule has 0 aliphatic carbocycles. The van der Waals surface area contributed by atoms with Gasteiger partial charge in [-0.1, -0.05) is 20.8 Å². The number of hydrogen-bond donors (Lipinski definition) is 1. The third-order valence-corrected chi connectivity index (χ3v) is 1.90. The molecule has 2 nitrogen and oxygen atoms in total. The highest BCUT2D eigenvalue weighted by atomic mass is 35.5. The standard InChI is InChI=1S/C7H13ClO2/c1-4(2)6(9)5(3)7(8)10/h4-6,9H,1-3H3. The van der Waals surface area contributed by atoms with Crippen LogP contribution in [0.1, 0.15) is 20.8 Å². The van der Waals surface area contributed by atoms with Crippen molar-refractivity contribution in [1.82, 2.24) is 0 Å². The monoisotopic (exact) mass is 164 g/mol. The summed E-state index contributed by atoms with van der Waals surface area (Å²) in [7, 11) is 0. The third-order valence-electron chi connectivity index (χ3n) is 1.55. The molecule has 0 aromatic carbocycles. The fourth-order valence-electron chi connectivity index (χ4n) is 0.712.